The van der Waals surface area contributed by atoms with Gasteiger partial charge in [0.1, 0.15) is 16.8 Å². The molecule has 0 N–H and O–H groups in total. The summed E-state index contributed by atoms with van der Waals surface area (Å²) in [6.07, 6.45) is 2.15. The first-order valence-electron chi connectivity index (χ1n) is 21.4. The number of para-hydroxylation sites is 1. The van der Waals surface area contributed by atoms with Crippen molar-refractivity contribution in [3.05, 3.63) is 212 Å². The third-order valence-electron chi connectivity index (χ3n) is 12.5. The van der Waals surface area contributed by atoms with Crippen LogP contribution in [0.5, 0.6) is 0 Å². The molecule has 0 aliphatic heterocycles. The van der Waals surface area contributed by atoms with Gasteiger partial charge in [-0.3, -0.25) is 4.40 Å². The van der Waals surface area contributed by atoms with Crippen LogP contribution in [0.3, 0.4) is 0 Å². The van der Waals surface area contributed by atoms with Crippen molar-refractivity contribution in [1.82, 2.24) is 24.3 Å². The average molecular weight is 818 g/mol. The molecule has 0 saturated carbocycles. The monoisotopic (exact) mass is 817 g/mol. The summed E-state index contributed by atoms with van der Waals surface area (Å²) in [4.78, 5) is 20.8. The highest BCUT2D eigenvalue weighted by atomic mass is 16.3. The van der Waals surface area contributed by atoms with E-state index in [2.05, 4.69) is 193 Å². The van der Waals surface area contributed by atoms with Gasteiger partial charge < -0.3 is 4.42 Å². The molecule has 0 amide bonds. The zero-order valence-corrected chi connectivity index (χ0v) is 34.4. The number of fused-ring (bicyclic) bond motifs is 11. The van der Waals surface area contributed by atoms with Crippen LogP contribution in [0.25, 0.3) is 128 Å². The van der Waals surface area contributed by atoms with E-state index in [1.165, 1.54) is 0 Å². The van der Waals surface area contributed by atoms with Crippen molar-refractivity contribution in [3.8, 4) is 67.5 Å². The summed E-state index contributed by atoms with van der Waals surface area (Å²) < 4.78 is 8.35. The molecule has 298 valence electrons. The second-order valence-electron chi connectivity index (χ2n) is 16.3. The molecule has 0 atom stereocenters. The van der Waals surface area contributed by atoms with Gasteiger partial charge in [-0.25, -0.2) is 19.9 Å². The van der Waals surface area contributed by atoms with Crippen LogP contribution >= 0.6 is 0 Å². The largest absolute Gasteiger partial charge is 0.456 e. The van der Waals surface area contributed by atoms with Gasteiger partial charge in [0.05, 0.1) is 11.0 Å². The molecule has 4 heterocycles. The molecule has 6 heteroatoms. The number of nitrogens with zero attached hydrogens (tertiary/aromatic N) is 5. The zero-order chi connectivity index (χ0) is 42.1. The Morgan fingerprint density at radius 2 is 0.781 bits per heavy atom. The van der Waals surface area contributed by atoms with Crippen molar-refractivity contribution >= 4 is 60.2 Å². The number of hydrogen-bond acceptors (Lipinski definition) is 5. The lowest BCUT2D eigenvalue weighted by Crippen LogP contribution is -2.00. The van der Waals surface area contributed by atoms with Crippen LogP contribution in [0, 0.1) is 0 Å². The predicted octanol–water partition coefficient (Wildman–Crippen LogP) is 14.9. The third kappa shape index (κ3) is 5.96. The fraction of sp³-hybridized carbons (Fsp3) is 0. The second kappa shape index (κ2) is 14.4. The van der Waals surface area contributed by atoms with E-state index >= 15 is 0 Å². The van der Waals surface area contributed by atoms with Crippen molar-refractivity contribution in [2.45, 2.75) is 0 Å². The Balaban J connectivity index is 0.954. The molecule has 0 radical (unpaired) electrons. The first-order valence-corrected chi connectivity index (χ1v) is 21.4. The molecule has 64 heavy (non-hydrogen) atoms. The molecule has 0 bridgehead atoms. The van der Waals surface area contributed by atoms with Crippen LogP contribution in [0.1, 0.15) is 0 Å². The Labute approximate surface area is 367 Å². The first-order chi connectivity index (χ1) is 31.7. The summed E-state index contributed by atoms with van der Waals surface area (Å²) in [6, 6.07) is 71.8. The minimum absolute atomic E-state index is 0.607. The second-order valence-corrected chi connectivity index (χ2v) is 16.3. The van der Waals surface area contributed by atoms with E-state index in [9.17, 15) is 0 Å². The maximum absolute atomic E-state index is 6.13. The first kappa shape index (κ1) is 36.0. The highest BCUT2D eigenvalue weighted by Gasteiger charge is 2.19. The van der Waals surface area contributed by atoms with E-state index in [-0.39, 0.29) is 0 Å². The van der Waals surface area contributed by atoms with Crippen molar-refractivity contribution in [2.75, 3.05) is 0 Å². The lowest BCUT2D eigenvalue weighted by Gasteiger charge is -2.12. The molecule has 6 nitrogen and oxygen atoms in total. The van der Waals surface area contributed by atoms with Gasteiger partial charge in [-0.05, 0) is 80.6 Å². The van der Waals surface area contributed by atoms with Gasteiger partial charge in [0, 0.05) is 44.4 Å². The number of benzene rings is 9. The predicted molar refractivity (Wildman–Crippen MR) is 261 cm³/mol. The highest BCUT2D eigenvalue weighted by molar-refractivity contribution is 6.24. The molecule has 0 fully saturated rings. The van der Waals surface area contributed by atoms with E-state index in [1.54, 1.807) is 0 Å². The number of hydrogen-bond donors (Lipinski definition) is 0. The number of pyridine rings is 1. The Hall–Kier alpha value is -8.74. The van der Waals surface area contributed by atoms with Gasteiger partial charge in [0.25, 0.3) is 0 Å². The molecular formula is C58H35N5O. The van der Waals surface area contributed by atoms with Gasteiger partial charge in [-0.1, -0.05) is 170 Å². The van der Waals surface area contributed by atoms with Gasteiger partial charge in [0.15, 0.2) is 17.5 Å². The number of rotatable bonds is 6. The lowest BCUT2D eigenvalue weighted by molar-refractivity contribution is 0.669. The molecule has 0 saturated heterocycles. The summed E-state index contributed by atoms with van der Waals surface area (Å²) >= 11 is 0. The van der Waals surface area contributed by atoms with Gasteiger partial charge in [0.2, 0.25) is 0 Å². The zero-order valence-electron chi connectivity index (χ0n) is 34.4. The van der Waals surface area contributed by atoms with E-state index in [1.807, 2.05) is 24.3 Å². The number of aromatic nitrogens is 5. The van der Waals surface area contributed by atoms with Crippen molar-refractivity contribution in [2.24, 2.45) is 0 Å². The van der Waals surface area contributed by atoms with Crippen LogP contribution in [0.4, 0.5) is 0 Å². The Morgan fingerprint density at radius 3 is 1.45 bits per heavy atom. The normalized spacial score (nSPS) is 11.8. The third-order valence-corrected chi connectivity index (χ3v) is 12.5. The smallest absolute Gasteiger partial charge is 0.164 e. The Bertz CT molecular complexity index is 3830. The maximum atomic E-state index is 6.13. The average Bonchev–Trinajstić information content (AvgIpc) is 3.95. The molecular weight excluding hydrogens is 783 g/mol. The summed E-state index contributed by atoms with van der Waals surface area (Å²) in [5.74, 6) is 1.84. The van der Waals surface area contributed by atoms with E-state index < -0.39 is 0 Å². The fourth-order valence-corrected chi connectivity index (χ4v) is 9.26. The molecule has 9 aromatic carbocycles. The quantitative estimate of drug-likeness (QED) is 0.156. The van der Waals surface area contributed by atoms with Crippen LogP contribution < -0.4 is 0 Å². The summed E-state index contributed by atoms with van der Waals surface area (Å²) in [6.45, 7) is 0. The fourth-order valence-electron chi connectivity index (χ4n) is 9.26. The topological polar surface area (TPSA) is 69.1 Å². The van der Waals surface area contributed by atoms with Crippen molar-refractivity contribution in [1.29, 1.82) is 0 Å². The van der Waals surface area contributed by atoms with E-state index in [0.29, 0.717) is 17.5 Å². The highest BCUT2D eigenvalue weighted by Crippen LogP contribution is 2.39. The summed E-state index contributed by atoms with van der Waals surface area (Å²) in [5.41, 5.74) is 14.2. The number of imidazole rings is 1. The van der Waals surface area contributed by atoms with Crippen molar-refractivity contribution in [3.63, 3.8) is 0 Å². The molecule has 0 unspecified atom stereocenters. The SMILES string of the molecule is c1ccc(-c2ccc(-c3nc(-c4ccc(-c5ccccc5)cc4)nc(-c4ccc5c(c4)c4ccccc4c4nc6cc(-c7ccc8oc9ccccc9c8c7)ccn6c54)n3)cc2)cc1. The molecule has 0 aliphatic rings. The summed E-state index contributed by atoms with van der Waals surface area (Å²) in [5, 5.41) is 6.64. The maximum Gasteiger partial charge on any atom is 0.164 e. The number of furan rings is 1. The van der Waals surface area contributed by atoms with Crippen molar-refractivity contribution < 1.29 is 4.42 Å². The van der Waals surface area contributed by atoms with Gasteiger partial charge in [-0.15, -0.1) is 0 Å². The standard InChI is InChI=1S/C58H35N5O/c1-3-11-36(12-4-1)38-19-23-40(24-20-38)56-60-57(41-25-21-39(22-26-41)37-13-5-2-6-14-37)62-58(61-56)44-27-29-48-49(34-44)45-15-7-8-17-47(45)54-55(48)63-32-31-43(35-53(63)59-54)42-28-30-52-50(33-42)46-16-9-10-18-51(46)64-52/h1-35H. The molecule has 0 spiro atoms. The molecule has 13 rings (SSSR count). The van der Waals surface area contributed by atoms with Crippen LogP contribution in [0.2, 0.25) is 0 Å². The Kier molecular flexibility index (Phi) is 8.11. The lowest BCUT2D eigenvalue weighted by atomic mass is 9.97. The van der Waals surface area contributed by atoms with E-state index in [0.717, 1.165) is 110 Å². The van der Waals surface area contributed by atoms with Crippen LogP contribution in [0.15, 0.2) is 217 Å². The molecule has 13 aromatic rings. The van der Waals surface area contributed by atoms with Crippen LogP contribution in [-0.2, 0) is 0 Å². The van der Waals surface area contributed by atoms with Crippen LogP contribution in [-0.4, -0.2) is 24.3 Å². The van der Waals surface area contributed by atoms with Gasteiger partial charge >= 0.3 is 0 Å². The molecule has 4 aromatic heterocycles. The van der Waals surface area contributed by atoms with E-state index in [4.69, 9.17) is 24.4 Å². The minimum Gasteiger partial charge on any atom is -0.456 e. The molecule has 0 aliphatic carbocycles. The summed E-state index contributed by atoms with van der Waals surface area (Å²) in [7, 11) is 0. The Morgan fingerprint density at radius 1 is 0.297 bits per heavy atom. The minimum atomic E-state index is 0.607. The van der Waals surface area contributed by atoms with Gasteiger partial charge in [-0.2, -0.15) is 0 Å².